The second kappa shape index (κ2) is 8.22. The minimum atomic E-state index is 0.00320. The minimum Gasteiger partial charge on any atom is -0.497 e. The van der Waals surface area contributed by atoms with Gasteiger partial charge < -0.3 is 9.47 Å². The van der Waals surface area contributed by atoms with Crippen LogP contribution in [0.25, 0.3) is 0 Å². The lowest BCUT2D eigenvalue weighted by atomic mass is 10.2. The Morgan fingerprint density at radius 2 is 1.71 bits per heavy atom. The smallest absolute Gasteiger partial charge is 0.118 e. The summed E-state index contributed by atoms with van der Waals surface area (Å²) < 4.78 is 10.9. The summed E-state index contributed by atoms with van der Waals surface area (Å²) in [6.07, 6.45) is 1.86. The van der Waals surface area contributed by atoms with Gasteiger partial charge in [0.05, 0.1) is 26.4 Å². The zero-order valence-electron chi connectivity index (χ0n) is 12.5. The third-order valence-electron chi connectivity index (χ3n) is 3.10. The van der Waals surface area contributed by atoms with Crippen molar-refractivity contribution in [3.8, 4) is 5.75 Å². The summed E-state index contributed by atoms with van der Waals surface area (Å²) in [6.45, 7) is 3.26. The van der Waals surface area contributed by atoms with Crippen molar-refractivity contribution >= 4 is 6.21 Å². The largest absolute Gasteiger partial charge is 0.497 e. The molecule has 0 unspecified atom stereocenters. The van der Waals surface area contributed by atoms with Gasteiger partial charge in [-0.15, -0.1) is 0 Å². The fraction of sp³-hybridized carbons (Fsp3) is 0.278. The molecule has 0 aliphatic heterocycles. The lowest BCUT2D eigenvalue weighted by Crippen LogP contribution is -2.09. The van der Waals surface area contributed by atoms with E-state index in [1.165, 1.54) is 5.56 Å². The molecule has 0 aliphatic rings. The van der Waals surface area contributed by atoms with Crippen molar-refractivity contribution in [2.75, 3.05) is 7.11 Å². The highest BCUT2D eigenvalue weighted by atomic mass is 16.5. The predicted molar refractivity (Wildman–Crippen MR) is 85.9 cm³/mol. The topological polar surface area (TPSA) is 30.8 Å². The van der Waals surface area contributed by atoms with E-state index in [9.17, 15) is 0 Å². The van der Waals surface area contributed by atoms with Crippen LogP contribution in [0.5, 0.6) is 5.75 Å². The Morgan fingerprint density at radius 3 is 2.38 bits per heavy atom. The maximum absolute atomic E-state index is 5.73. The number of methoxy groups -OCH3 is 1. The molecule has 21 heavy (non-hydrogen) atoms. The molecule has 110 valence electrons. The Balaban J connectivity index is 1.75. The van der Waals surface area contributed by atoms with E-state index in [0.29, 0.717) is 13.2 Å². The van der Waals surface area contributed by atoms with Crippen molar-refractivity contribution < 1.29 is 9.47 Å². The monoisotopic (exact) mass is 283 g/mol. The molecule has 2 rings (SSSR count). The van der Waals surface area contributed by atoms with Gasteiger partial charge in [0.15, 0.2) is 0 Å². The van der Waals surface area contributed by atoms with Gasteiger partial charge in [0.1, 0.15) is 5.75 Å². The molecule has 2 aromatic carbocycles. The summed E-state index contributed by atoms with van der Waals surface area (Å²) in [7, 11) is 1.67. The van der Waals surface area contributed by atoms with Crippen molar-refractivity contribution in [1.82, 2.24) is 0 Å². The molecule has 3 heteroatoms. The fourth-order valence-electron chi connectivity index (χ4n) is 1.88. The molecule has 0 radical (unpaired) electrons. The van der Waals surface area contributed by atoms with Crippen LogP contribution >= 0.6 is 0 Å². The van der Waals surface area contributed by atoms with Crippen LogP contribution in [0.15, 0.2) is 59.6 Å². The van der Waals surface area contributed by atoms with Gasteiger partial charge in [-0.1, -0.05) is 42.5 Å². The predicted octanol–water partition coefficient (Wildman–Crippen LogP) is 3.87. The van der Waals surface area contributed by atoms with Crippen LogP contribution in [-0.2, 0) is 17.9 Å². The summed E-state index contributed by atoms with van der Waals surface area (Å²) in [5, 5.41) is 0. The number of nitrogens with zero attached hydrogens (tertiary/aromatic N) is 1. The Hall–Kier alpha value is -2.13. The molecule has 0 spiro atoms. The molecule has 3 nitrogen and oxygen atoms in total. The normalized spacial score (nSPS) is 12.5. The molecule has 0 N–H and O–H groups in total. The highest BCUT2D eigenvalue weighted by Gasteiger charge is 1.99. The molecule has 1 atom stereocenters. The van der Waals surface area contributed by atoms with E-state index in [2.05, 4.69) is 17.1 Å². The molecule has 2 aromatic rings. The number of hydrogen-bond acceptors (Lipinski definition) is 3. The van der Waals surface area contributed by atoms with Gasteiger partial charge >= 0.3 is 0 Å². The van der Waals surface area contributed by atoms with E-state index in [-0.39, 0.29) is 6.10 Å². The maximum atomic E-state index is 5.73. The first kappa shape index (κ1) is 15.3. The fourth-order valence-corrected chi connectivity index (χ4v) is 1.88. The summed E-state index contributed by atoms with van der Waals surface area (Å²) >= 11 is 0. The van der Waals surface area contributed by atoms with Gasteiger partial charge in [-0.3, -0.25) is 4.99 Å². The summed E-state index contributed by atoms with van der Waals surface area (Å²) in [4.78, 5) is 4.42. The quantitative estimate of drug-likeness (QED) is 0.722. The van der Waals surface area contributed by atoms with E-state index in [0.717, 1.165) is 11.3 Å². The van der Waals surface area contributed by atoms with Crippen LogP contribution < -0.4 is 4.74 Å². The van der Waals surface area contributed by atoms with Crippen molar-refractivity contribution in [2.24, 2.45) is 4.99 Å². The van der Waals surface area contributed by atoms with Crippen LogP contribution in [0.4, 0.5) is 0 Å². The molecule has 0 bridgehead atoms. The summed E-state index contributed by atoms with van der Waals surface area (Å²) in [5.41, 5.74) is 2.33. The van der Waals surface area contributed by atoms with E-state index in [4.69, 9.17) is 9.47 Å². The Bertz CT molecular complexity index is 549. The van der Waals surface area contributed by atoms with Gasteiger partial charge in [0.2, 0.25) is 0 Å². The van der Waals surface area contributed by atoms with Gasteiger partial charge in [-0.2, -0.15) is 0 Å². The van der Waals surface area contributed by atoms with Crippen molar-refractivity contribution in [2.45, 2.75) is 26.2 Å². The van der Waals surface area contributed by atoms with Gasteiger partial charge in [-0.25, -0.2) is 0 Å². The number of ether oxygens (including phenoxy) is 2. The molecule has 0 aromatic heterocycles. The number of hydrogen-bond donors (Lipinski definition) is 0. The van der Waals surface area contributed by atoms with E-state index < -0.39 is 0 Å². The molecule has 0 saturated carbocycles. The van der Waals surface area contributed by atoms with Crippen LogP contribution in [0, 0.1) is 0 Å². The first-order chi connectivity index (χ1) is 10.3. The average molecular weight is 283 g/mol. The minimum absolute atomic E-state index is 0.00320. The van der Waals surface area contributed by atoms with E-state index >= 15 is 0 Å². The van der Waals surface area contributed by atoms with Gasteiger partial charge in [0.25, 0.3) is 0 Å². The SMILES string of the molecule is COc1ccc(CN=C[C@H](C)OCc2ccccc2)cc1. The van der Waals surface area contributed by atoms with Crippen LogP contribution in [-0.4, -0.2) is 19.4 Å². The Labute approximate surface area is 126 Å². The van der Waals surface area contributed by atoms with Crippen molar-refractivity contribution in [3.63, 3.8) is 0 Å². The number of rotatable bonds is 7. The summed E-state index contributed by atoms with van der Waals surface area (Å²) in [5.74, 6) is 0.863. The van der Waals surface area contributed by atoms with Crippen LogP contribution in [0.3, 0.4) is 0 Å². The zero-order chi connectivity index (χ0) is 14.9. The molecule has 0 fully saturated rings. The number of aliphatic imine (C=N–C) groups is 1. The average Bonchev–Trinajstić information content (AvgIpc) is 2.54. The first-order valence-corrected chi connectivity index (χ1v) is 7.06. The third-order valence-corrected chi connectivity index (χ3v) is 3.10. The maximum Gasteiger partial charge on any atom is 0.118 e. The van der Waals surface area contributed by atoms with E-state index in [1.807, 2.05) is 55.6 Å². The standard InChI is InChI=1S/C18H21NO2/c1-15(21-14-17-6-4-3-5-7-17)12-19-13-16-8-10-18(20-2)11-9-16/h3-12,15H,13-14H2,1-2H3/t15-/m0/s1. The second-order valence-corrected chi connectivity index (χ2v) is 4.84. The molecular weight excluding hydrogens is 262 g/mol. The van der Waals surface area contributed by atoms with Crippen LogP contribution in [0.1, 0.15) is 18.1 Å². The third kappa shape index (κ3) is 5.40. The Morgan fingerprint density at radius 1 is 1.00 bits per heavy atom. The van der Waals surface area contributed by atoms with Crippen LogP contribution in [0.2, 0.25) is 0 Å². The zero-order valence-corrected chi connectivity index (χ0v) is 12.5. The highest BCUT2D eigenvalue weighted by molar-refractivity contribution is 5.62. The lowest BCUT2D eigenvalue weighted by molar-refractivity contribution is 0.0989. The van der Waals surface area contributed by atoms with Gasteiger partial charge in [-0.05, 0) is 30.2 Å². The summed E-state index contributed by atoms with van der Waals surface area (Å²) in [6, 6.07) is 18.1. The molecule has 0 amide bonds. The second-order valence-electron chi connectivity index (χ2n) is 4.84. The number of benzene rings is 2. The highest BCUT2D eigenvalue weighted by Crippen LogP contribution is 2.11. The Kier molecular flexibility index (Phi) is 5.98. The first-order valence-electron chi connectivity index (χ1n) is 7.06. The molecule has 0 saturated heterocycles. The van der Waals surface area contributed by atoms with Crippen molar-refractivity contribution in [1.29, 1.82) is 0 Å². The molecule has 0 aliphatic carbocycles. The lowest BCUT2D eigenvalue weighted by Gasteiger charge is -2.08. The van der Waals surface area contributed by atoms with Gasteiger partial charge in [0, 0.05) is 6.21 Å². The van der Waals surface area contributed by atoms with Crippen molar-refractivity contribution in [3.05, 3.63) is 65.7 Å². The molecular formula is C18H21NO2. The molecule has 0 heterocycles. The van der Waals surface area contributed by atoms with E-state index in [1.54, 1.807) is 7.11 Å².